The molecule has 2 N–H and O–H groups in total. The van der Waals surface area contributed by atoms with E-state index in [9.17, 15) is 5.11 Å². The van der Waals surface area contributed by atoms with E-state index < -0.39 is 5.60 Å². The highest BCUT2D eigenvalue weighted by molar-refractivity contribution is 6.04. The predicted molar refractivity (Wildman–Crippen MR) is 63.4 cm³/mol. The van der Waals surface area contributed by atoms with E-state index in [1.165, 1.54) is 0 Å². The molecular formula is C13H19NO. The Hall–Kier alpha value is -1.15. The molecule has 0 aliphatic carbocycles. The van der Waals surface area contributed by atoms with Crippen LogP contribution in [0.1, 0.15) is 38.7 Å². The zero-order chi connectivity index (χ0) is 11.3. The molecule has 2 nitrogen and oxygen atoms in total. The van der Waals surface area contributed by atoms with Gasteiger partial charge in [-0.2, -0.15) is 0 Å². The van der Waals surface area contributed by atoms with E-state index in [-0.39, 0.29) is 0 Å². The molecule has 82 valence electrons. The van der Waals surface area contributed by atoms with Gasteiger partial charge in [0.2, 0.25) is 0 Å². The first kappa shape index (κ1) is 11.9. The van der Waals surface area contributed by atoms with Crippen LogP contribution in [0.5, 0.6) is 0 Å². The minimum absolute atomic E-state index is 0.340. The van der Waals surface area contributed by atoms with Crippen LogP contribution in [0.2, 0.25) is 0 Å². The third-order valence-electron chi connectivity index (χ3n) is 2.78. The molecule has 0 aromatic heterocycles. The van der Waals surface area contributed by atoms with Crippen LogP contribution >= 0.6 is 0 Å². The van der Waals surface area contributed by atoms with Crippen LogP contribution in [0.25, 0.3) is 0 Å². The molecule has 0 spiro atoms. The maximum absolute atomic E-state index is 10.3. The van der Waals surface area contributed by atoms with E-state index in [0.717, 1.165) is 12.0 Å². The number of aliphatic hydroxyl groups is 1. The van der Waals surface area contributed by atoms with Crippen molar-refractivity contribution in [3.63, 3.8) is 0 Å². The molecule has 0 radical (unpaired) electrons. The standard InChI is InChI=1S/C13H19NO/c1-3-10-13(15,4-2)12(14)11-8-6-5-7-9-11/h5-9,14-15H,3-4,10H2,1-2H3. The van der Waals surface area contributed by atoms with Crippen molar-refractivity contribution in [1.29, 1.82) is 5.41 Å². The van der Waals surface area contributed by atoms with Crippen molar-refractivity contribution in [2.24, 2.45) is 0 Å². The molecule has 1 aromatic rings. The van der Waals surface area contributed by atoms with Gasteiger partial charge in [-0.1, -0.05) is 50.6 Å². The number of nitrogens with one attached hydrogen (secondary N) is 1. The first-order valence-electron chi connectivity index (χ1n) is 5.51. The van der Waals surface area contributed by atoms with Crippen LogP contribution in [-0.4, -0.2) is 16.4 Å². The quantitative estimate of drug-likeness (QED) is 0.713. The summed E-state index contributed by atoms with van der Waals surface area (Å²) in [5.74, 6) is 0. The monoisotopic (exact) mass is 205 g/mol. The lowest BCUT2D eigenvalue weighted by Crippen LogP contribution is -2.37. The average molecular weight is 205 g/mol. The summed E-state index contributed by atoms with van der Waals surface area (Å²) in [6.07, 6.45) is 2.13. The Kier molecular flexibility index (Phi) is 4.04. The molecule has 0 heterocycles. The first-order chi connectivity index (χ1) is 7.14. The largest absolute Gasteiger partial charge is 0.384 e. The molecule has 0 amide bonds. The van der Waals surface area contributed by atoms with Crippen molar-refractivity contribution in [2.45, 2.75) is 38.7 Å². The van der Waals surface area contributed by atoms with Crippen LogP contribution in [0.15, 0.2) is 30.3 Å². The van der Waals surface area contributed by atoms with Crippen LogP contribution < -0.4 is 0 Å². The summed E-state index contributed by atoms with van der Waals surface area (Å²) < 4.78 is 0. The van der Waals surface area contributed by atoms with Gasteiger partial charge in [-0.3, -0.25) is 0 Å². The summed E-state index contributed by atoms with van der Waals surface area (Å²) in [7, 11) is 0. The van der Waals surface area contributed by atoms with Crippen molar-refractivity contribution in [1.82, 2.24) is 0 Å². The number of benzene rings is 1. The smallest absolute Gasteiger partial charge is 0.106 e. The summed E-state index contributed by atoms with van der Waals surface area (Å²) in [5.41, 5.74) is 0.193. The molecule has 1 aromatic carbocycles. The van der Waals surface area contributed by atoms with Gasteiger partial charge in [0.15, 0.2) is 0 Å². The summed E-state index contributed by atoms with van der Waals surface area (Å²) in [6, 6.07) is 9.46. The van der Waals surface area contributed by atoms with Gasteiger partial charge in [-0.05, 0) is 18.4 Å². The van der Waals surface area contributed by atoms with Crippen molar-refractivity contribution < 1.29 is 5.11 Å². The van der Waals surface area contributed by atoms with E-state index in [1.807, 2.05) is 44.2 Å². The Morgan fingerprint density at radius 3 is 2.33 bits per heavy atom. The van der Waals surface area contributed by atoms with Gasteiger partial charge in [0.25, 0.3) is 0 Å². The Morgan fingerprint density at radius 1 is 1.27 bits per heavy atom. The molecule has 1 rings (SSSR count). The molecule has 0 bridgehead atoms. The second-order valence-electron chi connectivity index (χ2n) is 3.88. The molecule has 0 saturated heterocycles. The van der Waals surface area contributed by atoms with Gasteiger partial charge in [0.05, 0.1) is 5.71 Å². The lowest BCUT2D eigenvalue weighted by atomic mass is 9.86. The maximum atomic E-state index is 10.3. The zero-order valence-corrected chi connectivity index (χ0v) is 9.46. The van der Waals surface area contributed by atoms with E-state index in [2.05, 4.69) is 0 Å². The minimum Gasteiger partial charge on any atom is -0.384 e. The van der Waals surface area contributed by atoms with E-state index >= 15 is 0 Å². The third-order valence-corrected chi connectivity index (χ3v) is 2.78. The van der Waals surface area contributed by atoms with Gasteiger partial charge in [-0.15, -0.1) is 0 Å². The SMILES string of the molecule is CCCC(O)(CC)C(=N)c1ccccc1. The second-order valence-corrected chi connectivity index (χ2v) is 3.88. The molecule has 0 aliphatic rings. The molecule has 0 fully saturated rings. The predicted octanol–water partition coefficient (Wildman–Crippen LogP) is 3.00. The number of hydrogen-bond acceptors (Lipinski definition) is 2. The fourth-order valence-electron chi connectivity index (χ4n) is 1.77. The van der Waals surface area contributed by atoms with Gasteiger partial charge >= 0.3 is 0 Å². The van der Waals surface area contributed by atoms with Gasteiger partial charge in [0, 0.05) is 0 Å². The number of hydrogen-bond donors (Lipinski definition) is 2. The lowest BCUT2D eigenvalue weighted by molar-refractivity contribution is 0.0970. The normalized spacial score (nSPS) is 14.6. The molecule has 0 saturated carbocycles. The Bertz CT molecular complexity index is 321. The fraction of sp³-hybridized carbons (Fsp3) is 0.462. The van der Waals surface area contributed by atoms with Gasteiger partial charge in [-0.25, -0.2) is 0 Å². The lowest BCUT2D eigenvalue weighted by Gasteiger charge is -2.27. The summed E-state index contributed by atoms with van der Waals surface area (Å²) >= 11 is 0. The van der Waals surface area contributed by atoms with Crippen molar-refractivity contribution >= 4 is 5.71 Å². The Balaban J connectivity index is 2.92. The molecule has 15 heavy (non-hydrogen) atoms. The zero-order valence-electron chi connectivity index (χ0n) is 9.46. The van der Waals surface area contributed by atoms with Crippen LogP contribution in [0, 0.1) is 5.41 Å². The highest BCUT2D eigenvalue weighted by Gasteiger charge is 2.29. The topological polar surface area (TPSA) is 44.1 Å². The minimum atomic E-state index is -0.962. The van der Waals surface area contributed by atoms with Crippen molar-refractivity contribution in [3.8, 4) is 0 Å². The fourth-order valence-corrected chi connectivity index (χ4v) is 1.77. The molecule has 2 heteroatoms. The maximum Gasteiger partial charge on any atom is 0.106 e. The van der Waals surface area contributed by atoms with Crippen LogP contribution in [0.3, 0.4) is 0 Å². The first-order valence-corrected chi connectivity index (χ1v) is 5.51. The highest BCUT2D eigenvalue weighted by atomic mass is 16.3. The Labute approximate surface area is 91.5 Å². The highest BCUT2D eigenvalue weighted by Crippen LogP contribution is 2.22. The summed E-state index contributed by atoms with van der Waals surface area (Å²) in [5, 5.41) is 18.4. The molecule has 1 unspecified atom stereocenters. The third kappa shape index (κ3) is 2.66. The van der Waals surface area contributed by atoms with Gasteiger partial charge in [0.1, 0.15) is 5.60 Å². The molecular weight excluding hydrogens is 186 g/mol. The van der Waals surface area contributed by atoms with E-state index in [0.29, 0.717) is 18.6 Å². The van der Waals surface area contributed by atoms with Gasteiger partial charge < -0.3 is 10.5 Å². The van der Waals surface area contributed by atoms with Crippen molar-refractivity contribution in [3.05, 3.63) is 35.9 Å². The average Bonchev–Trinajstić information content (AvgIpc) is 2.29. The number of rotatable bonds is 5. The van der Waals surface area contributed by atoms with Crippen molar-refractivity contribution in [2.75, 3.05) is 0 Å². The van der Waals surface area contributed by atoms with Crippen LogP contribution in [0.4, 0.5) is 0 Å². The molecule has 1 atom stereocenters. The molecule has 0 aliphatic heterocycles. The van der Waals surface area contributed by atoms with E-state index in [1.54, 1.807) is 0 Å². The van der Waals surface area contributed by atoms with E-state index in [4.69, 9.17) is 5.41 Å². The second kappa shape index (κ2) is 5.08. The summed E-state index contributed by atoms with van der Waals surface area (Å²) in [6.45, 7) is 3.95. The Morgan fingerprint density at radius 2 is 1.87 bits per heavy atom. The summed E-state index contributed by atoms with van der Waals surface area (Å²) in [4.78, 5) is 0. The van der Waals surface area contributed by atoms with Crippen LogP contribution in [-0.2, 0) is 0 Å².